The van der Waals surface area contributed by atoms with Gasteiger partial charge in [-0.3, -0.25) is 14.5 Å². The summed E-state index contributed by atoms with van der Waals surface area (Å²) >= 11 is 1.34. The Hall–Kier alpha value is -2.60. The van der Waals surface area contributed by atoms with Gasteiger partial charge < -0.3 is 4.74 Å². The van der Waals surface area contributed by atoms with E-state index >= 15 is 0 Å². The van der Waals surface area contributed by atoms with Crippen molar-refractivity contribution in [2.45, 2.75) is 49.0 Å². The van der Waals surface area contributed by atoms with Crippen LogP contribution in [0.1, 0.15) is 42.6 Å². The molecule has 2 aliphatic rings. The Morgan fingerprint density at radius 1 is 1.18 bits per heavy atom. The number of thioether (sulfide) groups is 1. The fourth-order valence-electron chi connectivity index (χ4n) is 3.72. The quantitative estimate of drug-likeness (QED) is 0.566. The zero-order valence-electron chi connectivity index (χ0n) is 15.8. The number of para-hydroxylation sites is 1. The van der Waals surface area contributed by atoms with Gasteiger partial charge >= 0.3 is 5.97 Å². The number of benzene rings is 2. The van der Waals surface area contributed by atoms with Crippen molar-refractivity contribution in [2.75, 3.05) is 4.90 Å². The molecule has 0 N–H and O–H groups in total. The lowest BCUT2D eigenvalue weighted by Crippen LogP contribution is -2.49. The Morgan fingerprint density at radius 3 is 2.61 bits per heavy atom. The van der Waals surface area contributed by atoms with Gasteiger partial charge in [-0.05, 0) is 31.0 Å². The van der Waals surface area contributed by atoms with Gasteiger partial charge in [0, 0.05) is 23.3 Å². The first-order valence-corrected chi connectivity index (χ1v) is 10.2. The molecule has 0 radical (unpaired) electrons. The van der Waals surface area contributed by atoms with Crippen LogP contribution in [-0.4, -0.2) is 28.6 Å². The first kappa shape index (κ1) is 18.7. The topological polar surface area (TPSA) is 63.7 Å². The molecule has 2 aliphatic heterocycles. The molecule has 2 heterocycles. The molecule has 1 saturated heterocycles. The summed E-state index contributed by atoms with van der Waals surface area (Å²) in [5, 5.41) is 0. The van der Waals surface area contributed by atoms with Crippen molar-refractivity contribution in [2.24, 2.45) is 0 Å². The van der Waals surface area contributed by atoms with Crippen molar-refractivity contribution >= 4 is 35.1 Å². The minimum atomic E-state index is -1.11. The molecule has 5 nitrogen and oxygen atoms in total. The number of aryl methyl sites for hydroxylation is 1. The smallest absolute Gasteiger partial charge is 0.344 e. The molecule has 2 aromatic rings. The van der Waals surface area contributed by atoms with Crippen LogP contribution in [0.4, 0.5) is 5.69 Å². The maximum Gasteiger partial charge on any atom is 0.344 e. The highest BCUT2D eigenvalue weighted by atomic mass is 32.2. The number of esters is 1. The van der Waals surface area contributed by atoms with Gasteiger partial charge in [-0.1, -0.05) is 55.1 Å². The predicted molar refractivity (Wildman–Crippen MR) is 107 cm³/mol. The van der Waals surface area contributed by atoms with Gasteiger partial charge in [-0.25, -0.2) is 4.79 Å². The highest BCUT2D eigenvalue weighted by Crippen LogP contribution is 2.56. The SMILES string of the molecule is CCc1ccc(C(=O)[C@H](C)OC(=O)[C@]23CCC(=O)N2c2ccccc2S3)cc1. The fraction of sp³-hybridized carbons (Fsp3) is 0.318. The number of Topliss-reactive ketones (excluding diaryl/α,β-unsaturated/α-hetero) is 1. The van der Waals surface area contributed by atoms with E-state index in [1.807, 2.05) is 43.3 Å². The van der Waals surface area contributed by atoms with Crippen molar-refractivity contribution in [1.82, 2.24) is 0 Å². The van der Waals surface area contributed by atoms with Gasteiger partial charge in [0.05, 0.1) is 5.69 Å². The first-order chi connectivity index (χ1) is 13.5. The molecule has 0 unspecified atom stereocenters. The second-order valence-electron chi connectivity index (χ2n) is 7.05. The summed E-state index contributed by atoms with van der Waals surface area (Å²) in [7, 11) is 0. The van der Waals surface area contributed by atoms with Crippen molar-refractivity contribution in [3.8, 4) is 0 Å². The molecule has 0 aromatic heterocycles. The number of ether oxygens (including phenoxy) is 1. The number of amides is 1. The molecule has 4 rings (SSSR count). The summed E-state index contributed by atoms with van der Waals surface area (Å²) in [5.41, 5.74) is 2.39. The van der Waals surface area contributed by atoms with Crippen LogP contribution in [0.5, 0.6) is 0 Å². The van der Waals surface area contributed by atoms with Gasteiger partial charge in [0.25, 0.3) is 0 Å². The Kier molecular flexibility index (Phi) is 4.75. The Labute approximate surface area is 168 Å². The van der Waals surface area contributed by atoms with Gasteiger partial charge in [0.15, 0.2) is 11.0 Å². The number of ketones is 1. The predicted octanol–water partition coefficient (Wildman–Crippen LogP) is 3.99. The Bertz CT molecular complexity index is 955. The summed E-state index contributed by atoms with van der Waals surface area (Å²) in [6.45, 7) is 3.63. The zero-order valence-corrected chi connectivity index (χ0v) is 16.6. The Balaban J connectivity index is 1.54. The van der Waals surface area contributed by atoms with E-state index in [1.165, 1.54) is 11.8 Å². The van der Waals surface area contributed by atoms with E-state index in [9.17, 15) is 14.4 Å². The number of hydrogen-bond acceptors (Lipinski definition) is 5. The third-order valence-electron chi connectivity index (χ3n) is 5.29. The summed E-state index contributed by atoms with van der Waals surface area (Å²) in [6.07, 6.45) is 0.632. The second kappa shape index (κ2) is 7.09. The molecule has 0 spiro atoms. The van der Waals surface area contributed by atoms with E-state index in [0.29, 0.717) is 12.0 Å². The number of carbonyl (C=O) groups is 3. The van der Waals surface area contributed by atoms with Crippen molar-refractivity contribution < 1.29 is 19.1 Å². The molecule has 0 bridgehead atoms. The van der Waals surface area contributed by atoms with Crippen LogP contribution in [0.3, 0.4) is 0 Å². The summed E-state index contributed by atoms with van der Waals surface area (Å²) in [5.74, 6) is -0.877. The molecule has 144 valence electrons. The van der Waals surface area contributed by atoms with E-state index < -0.39 is 16.9 Å². The van der Waals surface area contributed by atoms with Crippen molar-refractivity contribution in [1.29, 1.82) is 0 Å². The van der Waals surface area contributed by atoms with Crippen LogP contribution in [0.2, 0.25) is 0 Å². The fourth-order valence-corrected chi connectivity index (χ4v) is 5.12. The molecule has 1 fully saturated rings. The van der Waals surface area contributed by atoms with Crippen LogP contribution in [0.15, 0.2) is 53.4 Å². The molecule has 2 aromatic carbocycles. The van der Waals surface area contributed by atoms with Gasteiger partial charge in [0.2, 0.25) is 11.7 Å². The lowest BCUT2D eigenvalue weighted by Gasteiger charge is -2.29. The first-order valence-electron chi connectivity index (χ1n) is 9.41. The maximum atomic E-state index is 13.1. The third kappa shape index (κ3) is 2.92. The minimum Gasteiger partial charge on any atom is -0.452 e. The maximum absolute atomic E-state index is 13.1. The molecular formula is C22H21NO4S. The van der Waals surface area contributed by atoms with Gasteiger partial charge in [-0.2, -0.15) is 0 Å². The normalized spacial score (nSPS) is 21.2. The summed E-state index contributed by atoms with van der Waals surface area (Å²) in [4.78, 5) is 39.6. The number of hydrogen-bond donors (Lipinski definition) is 0. The lowest BCUT2D eigenvalue weighted by molar-refractivity contribution is -0.149. The van der Waals surface area contributed by atoms with Crippen LogP contribution < -0.4 is 4.90 Å². The van der Waals surface area contributed by atoms with E-state index in [4.69, 9.17) is 4.74 Å². The van der Waals surface area contributed by atoms with Crippen molar-refractivity contribution in [3.05, 3.63) is 59.7 Å². The molecule has 6 heteroatoms. The molecule has 0 aliphatic carbocycles. The summed E-state index contributed by atoms with van der Waals surface area (Å²) < 4.78 is 5.59. The van der Waals surface area contributed by atoms with E-state index in [2.05, 4.69) is 0 Å². The number of fused-ring (bicyclic) bond motifs is 3. The average molecular weight is 395 g/mol. The van der Waals surface area contributed by atoms with Crippen LogP contribution in [-0.2, 0) is 20.7 Å². The lowest BCUT2D eigenvalue weighted by atomic mass is 10.0. The molecule has 2 atom stereocenters. The molecule has 0 saturated carbocycles. The monoisotopic (exact) mass is 395 g/mol. The number of carbonyl (C=O) groups excluding carboxylic acids is 3. The van der Waals surface area contributed by atoms with E-state index in [-0.39, 0.29) is 18.1 Å². The number of nitrogens with zero attached hydrogens (tertiary/aromatic N) is 1. The molecule has 28 heavy (non-hydrogen) atoms. The van der Waals surface area contributed by atoms with Gasteiger partial charge in [-0.15, -0.1) is 0 Å². The standard InChI is InChI=1S/C22H21NO4S/c1-3-15-8-10-16(11-9-15)20(25)14(2)27-21(26)22-13-12-19(24)23(22)17-6-4-5-7-18(17)28-22/h4-11,14H,3,12-13H2,1-2H3/t14-,22+/m0/s1. The largest absolute Gasteiger partial charge is 0.452 e. The highest BCUT2D eigenvalue weighted by molar-refractivity contribution is 8.02. The average Bonchev–Trinajstić information content (AvgIpc) is 3.23. The minimum absolute atomic E-state index is 0.0940. The van der Waals surface area contributed by atoms with E-state index in [1.54, 1.807) is 24.0 Å². The zero-order chi connectivity index (χ0) is 19.9. The van der Waals surface area contributed by atoms with Crippen LogP contribution in [0.25, 0.3) is 0 Å². The van der Waals surface area contributed by atoms with Crippen molar-refractivity contribution in [3.63, 3.8) is 0 Å². The third-order valence-corrected chi connectivity index (χ3v) is 6.75. The second-order valence-corrected chi connectivity index (χ2v) is 8.36. The number of anilines is 1. The Morgan fingerprint density at radius 2 is 1.89 bits per heavy atom. The van der Waals surface area contributed by atoms with Crippen LogP contribution >= 0.6 is 11.8 Å². The highest BCUT2D eigenvalue weighted by Gasteiger charge is 2.58. The number of rotatable bonds is 5. The van der Waals surface area contributed by atoms with E-state index in [0.717, 1.165) is 22.6 Å². The molecular weight excluding hydrogens is 374 g/mol. The van der Waals surface area contributed by atoms with Gasteiger partial charge in [0.1, 0.15) is 0 Å². The van der Waals surface area contributed by atoms with Crippen LogP contribution in [0, 0.1) is 0 Å². The molecule has 1 amide bonds. The summed E-state index contributed by atoms with van der Waals surface area (Å²) in [6, 6.07) is 14.8.